The Labute approximate surface area is 123 Å². The van der Waals surface area contributed by atoms with E-state index in [4.69, 9.17) is 0 Å². The summed E-state index contributed by atoms with van der Waals surface area (Å²) in [6.45, 7) is 4.38. The van der Waals surface area contributed by atoms with Crippen LogP contribution >= 0.6 is 0 Å². The van der Waals surface area contributed by atoms with Gasteiger partial charge in [-0.15, -0.1) is 0 Å². The predicted molar refractivity (Wildman–Crippen MR) is 83.9 cm³/mol. The number of ketones is 1. The van der Waals surface area contributed by atoms with Gasteiger partial charge in [-0.1, -0.05) is 36.8 Å². The molecule has 0 spiro atoms. The number of Topliss-reactive ketones (excluding diaryl/α,β-unsaturated/α-hetero) is 1. The smallest absolute Gasteiger partial charge is 0.157 e. The summed E-state index contributed by atoms with van der Waals surface area (Å²) in [4.78, 5) is 15.1. The van der Waals surface area contributed by atoms with Crippen LogP contribution in [0, 0.1) is 12.8 Å². The van der Waals surface area contributed by atoms with Crippen molar-refractivity contribution >= 4 is 5.78 Å². The second-order valence-electron chi connectivity index (χ2n) is 6.70. The van der Waals surface area contributed by atoms with Crippen LogP contribution in [0.4, 0.5) is 0 Å². The van der Waals surface area contributed by atoms with Gasteiger partial charge in [0.25, 0.3) is 0 Å². The number of rotatable bonds is 4. The largest absolute Gasteiger partial charge is 0.297 e. The summed E-state index contributed by atoms with van der Waals surface area (Å²) in [7, 11) is 4.12. The van der Waals surface area contributed by atoms with Gasteiger partial charge >= 0.3 is 0 Å². The van der Waals surface area contributed by atoms with Crippen LogP contribution in [-0.2, 0) is 11.2 Å². The molecule has 0 atom stereocenters. The van der Waals surface area contributed by atoms with Crippen LogP contribution in [0.5, 0.6) is 0 Å². The second kappa shape index (κ2) is 6.09. The van der Waals surface area contributed by atoms with E-state index in [0.717, 1.165) is 37.2 Å². The van der Waals surface area contributed by atoms with Crippen molar-refractivity contribution in [2.45, 2.75) is 51.5 Å². The summed E-state index contributed by atoms with van der Waals surface area (Å²) in [5.74, 6) is 1.15. The van der Waals surface area contributed by atoms with E-state index < -0.39 is 0 Å². The molecule has 0 saturated heterocycles. The monoisotopic (exact) mass is 273 g/mol. The molecule has 0 radical (unpaired) electrons. The zero-order valence-corrected chi connectivity index (χ0v) is 13.3. The summed E-state index contributed by atoms with van der Waals surface area (Å²) in [6, 6.07) is 8.33. The molecular weight excluding hydrogens is 246 g/mol. The Kier molecular flexibility index (Phi) is 4.64. The molecule has 0 N–H and O–H groups in total. The van der Waals surface area contributed by atoms with Crippen LogP contribution in [0.1, 0.15) is 43.7 Å². The first kappa shape index (κ1) is 15.2. The van der Waals surface area contributed by atoms with Crippen LogP contribution in [-0.4, -0.2) is 30.3 Å². The molecular formula is C18H27NO. The molecule has 0 heterocycles. The Hall–Kier alpha value is -1.15. The van der Waals surface area contributed by atoms with Gasteiger partial charge in [0.2, 0.25) is 0 Å². The molecule has 2 rings (SSSR count). The van der Waals surface area contributed by atoms with Gasteiger partial charge in [-0.2, -0.15) is 0 Å². The molecule has 1 fully saturated rings. The Morgan fingerprint density at radius 2 is 1.95 bits per heavy atom. The third kappa shape index (κ3) is 3.12. The molecule has 0 amide bonds. The van der Waals surface area contributed by atoms with Crippen molar-refractivity contribution in [1.82, 2.24) is 4.90 Å². The SMILES string of the molecule is Cc1cccc(CC(=O)C2(N(C)C)CCC(C)CC2)c1. The summed E-state index contributed by atoms with van der Waals surface area (Å²) in [5, 5.41) is 0. The van der Waals surface area contributed by atoms with Gasteiger partial charge in [-0.3, -0.25) is 9.69 Å². The Morgan fingerprint density at radius 1 is 1.30 bits per heavy atom. The molecule has 0 aliphatic heterocycles. The Bertz CT molecular complexity index is 470. The lowest BCUT2D eigenvalue weighted by Crippen LogP contribution is -2.53. The van der Waals surface area contributed by atoms with Crippen molar-refractivity contribution in [3.63, 3.8) is 0 Å². The minimum absolute atomic E-state index is 0.240. The van der Waals surface area contributed by atoms with E-state index in [1.807, 2.05) is 6.07 Å². The molecule has 1 saturated carbocycles. The molecule has 1 aliphatic carbocycles. The quantitative estimate of drug-likeness (QED) is 0.835. The Balaban J connectivity index is 2.16. The summed E-state index contributed by atoms with van der Waals surface area (Å²) in [5.41, 5.74) is 2.14. The Morgan fingerprint density at radius 3 is 2.50 bits per heavy atom. The number of hydrogen-bond acceptors (Lipinski definition) is 2. The lowest BCUT2D eigenvalue weighted by molar-refractivity contribution is -0.131. The second-order valence-corrected chi connectivity index (χ2v) is 6.70. The third-order valence-corrected chi connectivity index (χ3v) is 4.92. The molecule has 0 aromatic heterocycles. The number of aryl methyl sites for hydroxylation is 1. The van der Waals surface area contributed by atoms with Crippen LogP contribution in [0.25, 0.3) is 0 Å². The van der Waals surface area contributed by atoms with Crippen LogP contribution in [0.3, 0.4) is 0 Å². The highest BCUT2D eigenvalue weighted by molar-refractivity contribution is 5.90. The maximum absolute atomic E-state index is 12.9. The zero-order valence-electron chi connectivity index (χ0n) is 13.3. The molecule has 2 heteroatoms. The van der Waals surface area contributed by atoms with Gasteiger partial charge in [0.05, 0.1) is 5.54 Å². The molecule has 1 aliphatic rings. The zero-order chi connectivity index (χ0) is 14.8. The van der Waals surface area contributed by atoms with Crippen LogP contribution in [0.15, 0.2) is 24.3 Å². The highest BCUT2D eigenvalue weighted by Gasteiger charge is 2.42. The number of hydrogen-bond donors (Lipinski definition) is 0. The van der Waals surface area contributed by atoms with Crippen molar-refractivity contribution in [3.05, 3.63) is 35.4 Å². The van der Waals surface area contributed by atoms with E-state index in [9.17, 15) is 4.79 Å². The van der Waals surface area contributed by atoms with E-state index >= 15 is 0 Å². The fourth-order valence-corrected chi connectivity index (χ4v) is 3.39. The fraction of sp³-hybridized carbons (Fsp3) is 0.611. The van der Waals surface area contributed by atoms with E-state index in [-0.39, 0.29) is 5.54 Å². The van der Waals surface area contributed by atoms with Crippen molar-refractivity contribution in [2.24, 2.45) is 5.92 Å². The van der Waals surface area contributed by atoms with Gasteiger partial charge < -0.3 is 0 Å². The number of nitrogens with zero attached hydrogens (tertiary/aromatic N) is 1. The number of likely N-dealkylation sites (N-methyl/N-ethyl adjacent to an activating group) is 1. The van der Waals surface area contributed by atoms with Gasteiger partial charge in [-0.05, 0) is 58.2 Å². The van der Waals surface area contributed by atoms with E-state index in [2.05, 4.69) is 51.0 Å². The first-order valence-electron chi connectivity index (χ1n) is 7.70. The van der Waals surface area contributed by atoms with E-state index in [1.165, 1.54) is 5.56 Å². The average molecular weight is 273 g/mol. The molecule has 110 valence electrons. The first-order valence-corrected chi connectivity index (χ1v) is 7.70. The number of carbonyl (C=O) groups is 1. The average Bonchev–Trinajstić information content (AvgIpc) is 2.39. The van der Waals surface area contributed by atoms with Crippen LogP contribution in [0.2, 0.25) is 0 Å². The summed E-state index contributed by atoms with van der Waals surface area (Å²) in [6.07, 6.45) is 4.90. The summed E-state index contributed by atoms with van der Waals surface area (Å²) < 4.78 is 0. The van der Waals surface area contributed by atoms with Gasteiger partial charge in [-0.25, -0.2) is 0 Å². The van der Waals surface area contributed by atoms with Crippen molar-refractivity contribution < 1.29 is 4.79 Å². The molecule has 20 heavy (non-hydrogen) atoms. The molecule has 0 bridgehead atoms. The molecule has 2 nitrogen and oxygen atoms in total. The van der Waals surface area contributed by atoms with Gasteiger partial charge in [0, 0.05) is 6.42 Å². The first-order chi connectivity index (χ1) is 9.44. The fourth-order valence-electron chi connectivity index (χ4n) is 3.39. The number of benzene rings is 1. The van der Waals surface area contributed by atoms with E-state index in [0.29, 0.717) is 12.2 Å². The highest BCUT2D eigenvalue weighted by Crippen LogP contribution is 2.36. The van der Waals surface area contributed by atoms with Crippen molar-refractivity contribution in [1.29, 1.82) is 0 Å². The third-order valence-electron chi connectivity index (χ3n) is 4.92. The lowest BCUT2D eigenvalue weighted by Gasteiger charge is -2.43. The van der Waals surface area contributed by atoms with Gasteiger partial charge in [0.15, 0.2) is 5.78 Å². The standard InChI is InChI=1S/C18H27NO/c1-14-8-10-18(11-9-14,19(3)4)17(20)13-16-7-5-6-15(2)12-16/h5-7,12,14H,8-11,13H2,1-4H3. The normalized spacial score (nSPS) is 26.8. The predicted octanol–water partition coefficient (Wildman–Crippen LogP) is 3.62. The number of carbonyl (C=O) groups excluding carboxylic acids is 1. The maximum atomic E-state index is 12.9. The topological polar surface area (TPSA) is 20.3 Å². The lowest BCUT2D eigenvalue weighted by atomic mass is 9.72. The minimum Gasteiger partial charge on any atom is -0.297 e. The maximum Gasteiger partial charge on any atom is 0.157 e. The van der Waals surface area contributed by atoms with E-state index in [1.54, 1.807) is 0 Å². The van der Waals surface area contributed by atoms with Gasteiger partial charge in [0.1, 0.15) is 0 Å². The molecule has 1 aromatic rings. The highest BCUT2D eigenvalue weighted by atomic mass is 16.1. The van der Waals surface area contributed by atoms with Crippen LogP contribution < -0.4 is 0 Å². The molecule has 0 unspecified atom stereocenters. The summed E-state index contributed by atoms with van der Waals surface area (Å²) >= 11 is 0. The minimum atomic E-state index is -0.240. The molecule has 1 aromatic carbocycles. The van der Waals surface area contributed by atoms with Crippen molar-refractivity contribution in [3.8, 4) is 0 Å². The van der Waals surface area contributed by atoms with Crippen molar-refractivity contribution in [2.75, 3.05) is 14.1 Å².